The van der Waals surface area contributed by atoms with Gasteiger partial charge in [0, 0.05) is 29.9 Å². The van der Waals surface area contributed by atoms with Gasteiger partial charge in [0.1, 0.15) is 5.82 Å². The van der Waals surface area contributed by atoms with E-state index in [0.29, 0.717) is 16.0 Å². The number of nitro groups is 1. The van der Waals surface area contributed by atoms with Crippen molar-refractivity contribution in [2.24, 2.45) is 4.99 Å². The molecular weight excluding hydrogens is 483 g/mol. The number of halogens is 1. The minimum Gasteiger partial charge on any atom is -0.317 e. The number of anilines is 1. The number of rotatable bonds is 6. The number of non-ortho nitro benzene ring substituents is 1. The van der Waals surface area contributed by atoms with Crippen LogP contribution >= 0.6 is 11.3 Å². The van der Waals surface area contributed by atoms with Gasteiger partial charge in [0.05, 0.1) is 20.0 Å². The van der Waals surface area contributed by atoms with Gasteiger partial charge in [-0.3, -0.25) is 19.6 Å². The average molecular weight is 501 g/mol. The highest BCUT2D eigenvalue weighted by Crippen LogP contribution is 2.23. The third kappa shape index (κ3) is 4.72. The Morgan fingerprint density at radius 2 is 1.79 bits per heavy atom. The number of benzene rings is 3. The largest absolute Gasteiger partial charge is 0.317 e. The fraction of sp³-hybridized carbons (Fsp3) is 0.0909. The van der Waals surface area contributed by atoms with Crippen molar-refractivity contribution in [3.8, 4) is 0 Å². The summed E-state index contributed by atoms with van der Waals surface area (Å²) in [6.45, 7) is 2.38. The number of carbonyl (C=O) groups excluding carboxylic acids is 1. The number of hydrogen-bond acceptors (Lipinski definition) is 6. The van der Waals surface area contributed by atoms with Crippen LogP contribution in [-0.4, -0.2) is 23.8 Å². The highest BCUT2D eigenvalue weighted by atomic mass is 32.2. The molecule has 1 heterocycles. The Balaban J connectivity index is 1.60. The van der Waals surface area contributed by atoms with Crippen molar-refractivity contribution in [1.82, 2.24) is 4.57 Å². The van der Waals surface area contributed by atoms with Gasteiger partial charge in [0.15, 0.2) is 4.80 Å². The van der Waals surface area contributed by atoms with E-state index in [1.807, 2.05) is 6.92 Å². The molecule has 0 atom stereocenters. The Morgan fingerprint density at radius 1 is 1.12 bits per heavy atom. The molecule has 3 aromatic carbocycles. The van der Waals surface area contributed by atoms with Crippen molar-refractivity contribution in [2.75, 3.05) is 4.72 Å². The number of sulfonamides is 1. The van der Waals surface area contributed by atoms with E-state index in [0.717, 1.165) is 29.8 Å². The maximum absolute atomic E-state index is 13.1. The summed E-state index contributed by atoms with van der Waals surface area (Å²) in [4.78, 5) is 27.8. The third-order valence-corrected chi connectivity index (χ3v) is 7.34. The second kappa shape index (κ2) is 9.15. The smallest absolute Gasteiger partial charge is 0.279 e. The normalized spacial score (nSPS) is 12.1. The van der Waals surface area contributed by atoms with Crippen molar-refractivity contribution in [3.05, 3.63) is 93.0 Å². The zero-order chi connectivity index (χ0) is 24.5. The van der Waals surface area contributed by atoms with Crippen molar-refractivity contribution in [2.45, 2.75) is 18.4 Å². The molecule has 0 spiro atoms. The molecule has 0 radical (unpaired) electrons. The molecule has 4 aromatic rings. The Morgan fingerprint density at radius 3 is 2.41 bits per heavy atom. The van der Waals surface area contributed by atoms with Crippen LogP contribution in [0.1, 0.15) is 17.3 Å². The Kier molecular flexibility index (Phi) is 6.26. The lowest BCUT2D eigenvalue weighted by Gasteiger charge is -2.08. The summed E-state index contributed by atoms with van der Waals surface area (Å²) >= 11 is 1.17. The van der Waals surface area contributed by atoms with E-state index in [9.17, 15) is 27.7 Å². The lowest BCUT2D eigenvalue weighted by atomic mass is 10.2. The van der Waals surface area contributed by atoms with Crippen molar-refractivity contribution in [3.63, 3.8) is 0 Å². The molecule has 174 valence electrons. The first-order chi connectivity index (χ1) is 16.2. The number of fused-ring (bicyclic) bond motifs is 1. The van der Waals surface area contributed by atoms with E-state index in [1.165, 1.54) is 47.7 Å². The van der Waals surface area contributed by atoms with Gasteiger partial charge >= 0.3 is 0 Å². The molecule has 1 amide bonds. The highest BCUT2D eigenvalue weighted by Gasteiger charge is 2.15. The van der Waals surface area contributed by atoms with Crippen LogP contribution in [0.15, 0.2) is 76.6 Å². The molecule has 0 saturated carbocycles. The summed E-state index contributed by atoms with van der Waals surface area (Å²) in [6.07, 6.45) is 0. The van der Waals surface area contributed by atoms with Crippen molar-refractivity contribution < 1.29 is 22.5 Å². The molecule has 9 nitrogen and oxygen atoms in total. The van der Waals surface area contributed by atoms with E-state index in [1.54, 1.807) is 10.6 Å². The standard InChI is InChI=1S/C22H17FN4O5S2/c1-2-26-19-12-9-17(27(29)30)13-20(19)33-22(26)24-21(28)14-3-7-16(8-4-14)25-34(31,32)18-10-5-15(23)6-11-18/h3-13,25H,2H2,1H3. The highest BCUT2D eigenvalue weighted by molar-refractivity contribution is 7.92. The van der Waals surface area contributed by atoms with E-state index < -0.39 is 26.7 Å². The van der Waals surface area contributed by atoms with Crippen LogP contribution in [0.3, 0.4) is 0 Å². The quantitative estimate of drug-likeness (QED) is 0.312. The molecule has 0 aliphatic heterocycles. The summed E-state index contributed by atoms with van der Waals surface area (Å²) in [5, 5.41) is 11.0. The number of aryl methyl sites for hydroxylation is 1. The number of nitrogens with one attached hydrogen (secondary N) is 1. The minimum atomic E-state index is -3.92. The van der Waals surface area contributed by atoms with Gasteiger partial charge in [-0.25, -0.2) is 12.8 Å². The summed E-state index contributed by atoms with van der Waals surface area (Å²) in [5.74, 6) is -1.09. The number of amides is 1. The monoisotopic (exact) mass is 500 g/mol. The zero-order valence-corrected chi connectivity index (χ0v) is 19.3. The molecule has 0 unspecified atom stereocenters. The van der Waals surface area contributed by atoms with Crippen LogP contribution in [0.2, 0.25) is 0 Å². The topological polar surface area (TPSA) is 124 Å². The maximum atomic E-state index is 13.1. The summed E-state index contributed by atoms with van der Waals surface area (Å²) < 4.78 is 42.7. The van der Waals surface area contributed by atoms with Gasteiger partial charge in [-0.1, -0.05) is 11.3 Å². The molecule has 0 saturated heterocycles. The number of hydrogen-bond donors (Lipinski definition) is 1. The van der Waals surface area contributed by atoms with Gasteiger partial charge < -0.3 is 4.57 Å². The number of nitro benzene ring substituents is 1. The minimum absolute atomic E-state index is 0.0476. The van der Waals surface area contributed by atoms with Crippen LogP contribution in [0, 0.1) is 15.9 Å². The van der Waals surface area contributed by atoms with E-state index in [-0.39, 0.29) is 21.8 Å². The first-order valence-corrected chi connectivity index (χ1v) is 12.2. The van der Waals surface area contributed by atoms with Gasteiger partial charge in [-0.2, -0.15) is 4.99 Å². The van der Waals surface area contributed by atoms with E-state index in [4.69, 9.17) is 0 Å². The van der Waals surface area contributed by atoms with Gasteiger partial charge in [-0.15, -0.1) is 0 Å². The Hall–Kier alpha value is -3.90. The van der Waals surface area contributed by atoms with E-state index in [2.05, 4.69) is 9.71 Å². The number of thiazole rings is 1. The summed E-state index contributed by atoms with van der Waals surface area (Å²) in [6, 6.07) is 14.6. The van der Waals surface area contributed by atoms with E-state index >= 15 is 0 Å². The zero-order valence-electron chi connectivity index (χ0n) is 17.6. The molecule has 1 N–H and O–H groups in total. The maximum Gasteiger partial charge on any atom is 0.279 e. The second-order valence-electron chi connectivity index (χ2n) is 7.09. The van der Waals surface area contributed by atoms with Crippen LogP contribution in [0.25, 0.3) is 10.2 Å². The van der Waals surface area contributed by atoms with Crippen LogP contribution in [0.4, 0.5) is 15.8 Å². The molecule has 0 aliphatic carbocycles. The van der Waals surface area contributed by atoms with Crippen LogP contribution in [-0.2, 0) is 16.6 Å². The molecule has 0 aliphatic rings. The van der Waals surface area contributed by atoms with Gasteiger partial charge in [-0.05, 0) is 61.5 Å². The summed E-state index contributed by atoms with van der Waals surface area (Å²) in [5.41, 5.74) is 1.14. The fourth-order valence-corrected chi connectivity index (χ4v) is 5.41. The molecular formula is C22H17FN4O5S2. The fourth-order valence-electron chi connectivity index (χ4n) is 3.23. The molecule has 12 heteroatoms. The summed E-state index contributed by atoms with van der Waals surface area (Å²) in [7, 11) is -3.92. The lowest BCUT2D eigenvalue weighted by Crippen LogP contribution is -2.16. The SMILES string of the molecule is CCn1c(=NC(=O)c2ccc(NS(=O)(=O)c3ccc(F)cc3)cc2)sc2cc([N+](=O)[O-])ccc21. The van der Waals surface area contributed by atoms with Gasteiger partial charge in [0.25, 0.3) is 21.6 Å². The molecule has 1 aromatic heterocycles. The average Bonchev–Trinajstić information content (AvgIpc) is 3.15. The van der Waals surface area contributed by atoms with Crippen molar-refractivity contribution in [1.29, 1.82) is 0 Å². The number of aromatic nitrogens is 1. The van der Waals surface area contributed by atoms with Crippen LogP contribution < -0.4 is 9.52 Å². The molecule has 0 bridgehead atoms. The van der Waals surface area contributed by atoms with Crippen LogP contribution in [0.5, 0.6) is 0 Å². The molecule has 0 fully saturated rings. The number of carbonyl (C=O) groups is 1. The lowest BCUT2D eigenvalue weighted by molar-refractivity contribution is -0.384. The van der Waals surface area contributed by atoms with Gasteiger partial charge in [0.2, 0.25) is 0 Å². The molecule has 34 heavy (non-hydrogen) atoms. The first-order valence-electron chi connectivity index (χ1n) is 9.93. The predicted molar refractivity (Wildman–Crippen MR) is 126 cm³/mol. The Bertz CT molecular complexity index is 1570. The number of nitrogens with zero attached hydrogens (tertiary/aromatic N) is 3. The Labute approximate surface area is 197 Å². The molecule has 4 rings (SSSR count). The second-order valence-corrected chi connectivity index (χ2v) is 9.78. The predicted octanol–water partition coefficient (Wildman–Crippen LogP) is 4.31. The first kappa shape index (κ1) is 23.3. The third-order valence-electron chi connectivity index (χ3n) is 4.90. The van der Waals surface area contributed by atoms with Crippen molar-refractivity contribution >= 4 is 48.9 Å².